The van der Waals surface area contributed by atoms with E-state index in [1.54, 1.807) is 19.1 Å². The number of hydrogen-bond acceptors (Lipinski definition) is 4. The Labute approximate surface area is 185 Å². The van der Waals surface area contributed by atoms with Crippen molar-refractivity contribution in [2.24, 2.45) is 5.73 Å². The van der Waals surface area contributed by atoms with Crippen LogP contribution in [0.4, 0.5) is 13.6 Å². The lowest BCUT2D eigenvalue weighted by Gasteiger charge is -2.16. The molecule has 0 aliphatic heterocycles. The van der Waals surface area contributed by atoms with Crippen LogP contribution in [0.5, 0.6) is 5.75 Å². The molecule has 0 fully saturated rings. The molecule has 3 rings (SSSR count). The van der Waals surface area contributed by atoms with Crippen molar-refractivity contribution in [1.82, 2.24) is 4.98 Å². The number of carbonyl (C=O) groups is 1. The van der Waals surface area contributed by atoms with E-state index in [4.69, 9.17) is 15.2 Å². The van der Waals surface area contributed by atoms with E-state index >= 15 is 0 Å². The Morgan fingerprint density at radius 2 is 1.77 bits per heavy atom. The third-order valence-electron chi connectivity index (χ3n) is 4.60. The number of nitrogens with two attached hydrogens (primary N) is 1. The van der Waals surface area contributed by atoms with Crippen LogP contribution in [0.25, 0.3) is 0 Å². The number of hydrogen-bond donors (Lipinski definition) is 2. The highest BCUT2D eigenvalue weighted by atomic mass is 79.9. The van der Waals surface area contributed by atoms with E-state index in [-0.39, 0.29) is 34.6 Å². The molecule has 1 amide bonds. The van der Waals surface area contributed by atoms with Crippen LogP contribution in [-0.4, -0.2) is 11.1 Å². The van der Waals surface area contributed by atoms with Gasteiger partial charge in [-0.05, 0) is 46.1 Å². The number of primary amides is 1. The van der Waals surface area contributed by atoms with E-state index in [0.29, 0.717) is 17.7 Å². The van der Waals surface area contributed by atoms with Crippen molar-refractivity contribution in [3.8, 4) is 5.75 Å². The number of amides is 1. The topological polar surface area (TPSA) is 94.4 Å². The van der Waals surface area contributed by atoms with Gasteiger partial charge in [0.1, 0.15) is 35.1 Å². The molecule has 0 atom stereocenters. The van der Waals surface area contributed by atoms with Gasteiger partial charge in [0.15, 0.2) is 0 Å². The van der Waals surface area contributed by atoms with Gasteiger partial charge in [-0.15, -0.1) is 0 Å². The molecule has 0 saturated heterocycles. The molecule has 2 aromatic carbocycles. The number of carbonyl (C=O) groups excluding carboxylic acids is 1. The number of ether oxygens (including phenoxy) is 2. The fraction of sp³-hybridized carbons (Fsp3) is 0.182. The summed E-state index contributed by atoms with van der Waals surface area (Å²) >= 11 is 3.25. The summed E-state index contributed by atoms with van der Waals surface area (Å²) in [5, 5.41) is 0. The lowest BCUT2D eigenvalue weighted by molar-refractivity contribution is 0.150. The number of aromatic amines is 1. The molecular weight excluding hydrogens is 474 g/mol. The highest BCUT2D eigenvalue weighted by molar-refractivity contribution is 9.10. The van der Waals surface area contributed by atoms with Gasteiger partial charge in [0.2, 0.25) is 0 Å². The van der Waals surface area contributed by atoms with E-state index in [9.17, 15) is 18.4 Å². The Balaban J connectivity index is 1.85. The van der Waals surface area contributed by atoms with E-state index in [2.05, 4.69) is 20.9 Å². The van der Waals surface area contributed by atoms with E-state index in [1.807, 2.05) is 12.1 Å². The normalized spacial score (nSPS) is 10.7. The fourth-order valence-corrected chi connectivity index (χ4v) is 3.42. The Hall–Kier alpha value is -3.20. The van der Waals surface area contributed by atoms with Crippen molar-refractivity contribution < 1.29 is 23.0 Å². The van der Waals surface area contributed by atoms with Gasteiger partial charge in [-0.3, -0.25) is 4.79 Å². The third kappa shape index (κ3) is 5.69. The Kier molecular flexibility index (Phi) is 7.06. The Morgan fingerprint density at radius 3 is 2.42 bits per heavy atom. The molecule has 3 N–H and O–H groups in total. The van der Waals surface area contributed by atoms with Gasteiger partial charge in [0, 0.05) is 29.3 Å². The molecule has 0 saturated carbocycles. The fourth-order valence-electron chi connectivity index (χ4n) is 2.97. The number of nitrogens with one attached hydrogen (secondary N) is 1. The van der Waals surface area contributed by atoms with Gasteiger partial charge in [0.25, 0.3) is 5.56 Å². The van der Waals surface area contributed by atoms with Crippen LogP contribution >= 0.6 is 15.9 Å². The minimum absolute atomic E-state index is 0.0659. The maximum Gasteiger partial charge on any atom is 0.404 e. The molecule has 1 aromatic heterocycles. The Morgan fingerprint density at radius 1 is 1.10 bits per heavy atom. The second kappa shape index (κ2) is 9.74. The van der Waals surface area contributed by atoms with E-state index in [0.717, 1.165) is 23.3 Å². The zero-order chi connectivity index (χ0) is 22.5. The van der Waals surface area contributed by atoms with Crippen LogP contribution < -0.4 is 16.0 Å². The first-order chi connectivity index (χ1) is 14.7. The SMILES string of the molecule is Cc1[nH]c(=O)c(Br)c(OCc2ccc(F)cc2F)c1Cc1ccc(COC(N)=O)cc1. The summed E-state index contributed by atoms with van der Waals surface area (Å²) in [6.45, 7) is 1.63. The van der Waals surface area contributed by atoms with E-state index < -0.39 is 17.7 Å². The lowest BCUT2D eigenvalue weighted by atomic mass is 10.0. The molecule has 31 heavy (non-hydrogen) atoms. The van der Waals surface area contributed by atoms with Crippen molar-refractivity contribution in [2.45, 2.75) is 26.6 Å². The minimum atomic E-state index is -0.850. The average Bonchev–Trinajstić information content (AvgIpc) is 2.72. The molecule has 9 heteroatoms. The summed E-state index contributed by atoms with van der Waals surface area (Å²) in [6, 6.07) is 10.5. The molecular formula is C22H19BrF2N2O4. The number of aryl methyl sites for hydroxylation is 1. The van der Waals surface area contributed by atoms with Gasteiger partial charge in [-0.25, -0.2) is 13.6 Å². The largest absolute Gasteiger partial charge is 0.487 e. The first kappa shape index (κ1) is 22.5. The summed E-state index contributed by atoms with van der Waals surface area (Å²) in [5.41, 5.74) is 7.73. The number of H-pyrrole nitrogens is 1. The lowest BCUT2D eigenvalue weighted by Crippen LogP contribution is -2.15. The molecule has 0 aliphatic rings. The molecule has 0 bridgehead atoms. The highest BCUT2D eigenvalue weighted by Gasteiger charge is 2.17. The van der Waals surface area contributed by atoms with Crippen LogP contribution in [0.2, 0.25) is 0 Å². The number of aromatic nitrogens is 1. The van der Waals surface area contributed by atoms with Crippen LogP contribution in [0.15, 0.2) is 51.7 Å². The summed E-state index contributed by atoms with van der Waals surface area (Å²) in [4.78, 5) is 25.7. The summed E-state index contributed by atoms with van der Waals surface area (Å²) in [5.74, 6) is -1.13. The summed E-state index contributed by atoms with van der Waals surface area (Å²) in [6.07, 6.45) is -0.434. The second-order valence-corrected chi connectivity index (χ2v) is 7.62. The van der Waals surface area contributed by atoms with Gasteiger partial charge in [0.05, 0.1) is 0 Å². The number of halogens is 3. The van der Waals surface area contributed by atoms with Crippen molar-refractivity contribution in [2.75, 3.05) is 0 Å². The van der Waals surface area contributed by atoms with Crippen LogP contribution in [-0.2, 0) is 24.4 Å². The zero-order valence-corrected chi connectivity index (χ0v) is 18.1. The predicted molar refractivity (Wildman–Crippen MR) is 114 cm³/mol. The smallest absolute Gasteiger partial charge is 0.404 e. The first-order valence-corrected chi connectivity index (χ1v) is 10.0. The summed E-state index contributed by atoms with van der Waals surface area (Å²) < 4.78 is 37.9. The standard InChI is InChI=1S/C22H19BrF2N2O4/c1-12-17(8-13-2-4-14(5-3-13)10-31-22(26)29)20(19(23)21(28)27-12)30-11-15-6-7-16(24)9-18(15)25/h2-7,9H,8,10-11H2,1H3,(H2,26,29)(H,27,28). The highest BCUT2D eigenvalue weighted by Crippen LogP contribution is 2.31. The number of benzene rings is 2. The van der Waals surface area contributed by atoms with Crippen LogP contribution in [0.1, 0.15) is 27.9 Å². The molecule has 162 valence electrons. The number of pyridine rings is 1. The molecule has 0 radical (unpaired) electrons. The molecule has 0 unspecified atom stereocenters. The molecule has 1 heterocycles. The molecule has 0 aliphatic carbocycles. The molecule has 6 nitrogen and oxygen atoms in total. The Bertz CT molecular complexity index is 1160. The van der Waals surface area contributed by atoms with Crippen molar-refractivity contribution >= 4 is 22.0 Å². The number of rotatable bonds is 7. The van der Waals surface area contributed by atoms with Gasteiger partial charge < -0.3 is 20.2 Å². The zero-order valence-electron chi connectivity index (χ0n) is 16.5. The second-order valence-electron chi connectivity index (χ2n) is 6.83. The minimum Gasteiger partial charge on any atom is -0.487 e. The maximum atomic E-state index is 14.0. The quantitative estimate of drug-likeness (QED) is 0.507. The van der Waals surface area contributed by atoms with E-state index in [1.165, 1.54) is 6.07 Å². The average molecular weight is 493 g/mol. The van der Waals surface area contributed by atoms with Gasteiger partial charge >= 0.3 is 6.09 Å². The molecule has 3 aromatic rings. The molecule has 0 spiro atoms. The van der Waals surface area contributed by atoms with Gasteiger partial charge in [-0.1, -0.05) is 24.3 Å². The summed E-state index contributed by atoms with van der Waals surface area (Å²) in [7, 11) is 0. The third-order valence-corrected chi connectivity index (χ3v) is 5.32. The van der Waals surface area contributed by atoms with Crippen molar-refractivity contribution in [3.05, 3.63) is 96.9 Å². The monoisotopic (exact) mass is 492 g/mol. The van der Waals surface area contributed by atoms with Crippen LogP contribution in [0, 0.1) is 18.6 Å². The van der Waals surface area contributed by atoms with Crippen molar-refractivity contribution in [3.63, 3.8) is 0 Å². The first-order valence-electron chi connectivity index (χ1n) is 9.22. The van der Waals surface area contributed by atoms with Crippen molar-refractivity contribution in [1.29, 1.82) is 0 Å². The predicted octanol–water partition coefficient (Wildman–Crippen LogP) is 4.49. The van der Waals surface area contributed by atoms with Gasteiger partial charge in [-0.2, -0.15) is 0 Å². The maximum absolute atomic E-state index is 14.0. The van der Waals surface area contributed by atoms with Crippen LogP contribution in [0.3, 0.4) is 0 Å².